The van der Waals surface area contributed by atoms with Crippen molar-refractivity contribution in [1.29, 1.82) is 0 Å². The Morgan fingerprint density at radius 1 is 1.45 bits per heavy atom. The molecule has 0 aromatic heterocycles. The Labute approximate surface area is 127 Å². The molecule has 2 nitrogen and oxygen atoms in total. The number of halogens is 3. The Bertz CT molecular complexity index is 470. The van der Waals surface area contributed by atoms with Crippen LogP contribution in [0.5, 0.6) is 5.75 Å². The zero-order chi connectivity index (χ0) is 14.8. The highest BCUT2D eigenvalue weighted by molar-refractivity contribution is 7.99. The van der Waals surface area contributed by atoms with E-state index < -0.39 is 6.61 Å². The fraction of sp³-hybridized carbons (Fsp3) is 0.571. The van der Waals surface area contributed by atoms with Crippen LogP contribution in [-0.4, -0.2) is 24.2 Å². The molecule has 2 rings (SSSR count). The van der Waals surface area contributed by atoms with E-state index in [9.17, 15) is 8.78 Å². The van der Waals surface area contributed by atoms with Crippen molar-refractivity contribution in [3.05, 3.63) is 23.2 Å². The van der Waals surface area contributed by atoms with E-state index in [4.69, 9.17) is 11.6 Å². The largest absolute Gasteiger partial charge is 0.433 e. The molecule has 0 bridgehead atoms. The van der Waals surface area contributed by atoms with Gasteiger partial charge in [-0.15, -0.1) is 0 Å². The van der Waals surface area contributed by atoms with Gasteiger partial charge < -0.3 is 10.1 Å². The molecule has 1 aliphatic heterocycles. The maximum Gasteiger partial charge on any atom is 0.387 e. The summed E-state index contributed by atoms with van der Waals surface area (Å²) in [7, 11) is 0. The Kier molecular flexibility index (Phi) is 5.02. The topological polar surface area (TPSA) is 21.3 Å². The van der Waals surface area contributed by atoms with Gasteiger partial charge in [-0.1, -0.05) is 25.4 Å². The number of rotatable bonds is 4. The molecule has 1 fully saturated rings. The lowest BCUT2D eigenvalue weighted by Gasteiger charge is -2.39. The van der Waals surface area contributed by atoms with Crippen LogP contribution in [0.15, 0.2) is 18.2 Å². The Hall–Kier alpha value is -0.680. The number of benzene rings is 1. The standard InChI is InChI=1S/C14H18ClF2NOS/c1-14(2)5-6-20-8-12(14)18-9-3-4-11(10(15)7-9)19-13(16)17/h3-4,7,12-13,18H,5-6,8H2,1-2H3. The molecule has 1 aromatic rings. The van der Waals surface area contributed by atoms with Crippen molar-refractivity contribution in [2.45, 2.75) is 32.9 Å². The minimum absolute atomic E-state index is 0.00416. The van der Waals surface area contributed by atoms with E-state index in [0.717, 1.165) is 17.9 Å². The molecule has 1 saturated heterocycles. The third-order valence-corrected chi connectivity index (χ3v) is 4.96. The molecule has 0 amide bonds. The van der Waals surface area contributed by atoms with Crippen molar-refractivity contribution in [1.82, 2.24) is 0 Å². The first-order valence-corrected chi connectivity index (χ1v) is 8.00. The van der Waals surface area contributed by atoms with Crippen molar-refractivity contribution < 1.29 is 13.5 Å². The van der Waals surface area contributed by atoms with Crippen molar-refractivity contribution in [3.63, 3.8) is 0 Å². The molecule has 0 radical (unpaired) electrons. The van der Waals surface area contributed by atoms with Gasteiger partial charge in [0.05, 0.1) is 5.02 Å². The monoisotopic (exact) mass is 321 g/mol. The highest BCUT2D eigenvalue weighted by Gasteiger charge is 2.32. The quantitative estimate of drug-likeness (QED) is 0.853. The average molecular weight is 322 g/mol. The fourth-order valence-electron chi connectivity index (χ4n) is 2.16. The SMILES string of the molecule is CC1(C)CCSCC1Nc1ccc(OC(F)F)c(Cl)c1. The Balaban J connectivity index is 2.08. The number of hydrogen-bond donors (Lipinski definition) is 1. The maximum absolute atomic E-state index is 12.2. The molecule has 20 heavy (non-hydrogen) atoms. The van der Waals surface area contributed by atoms with Gasteiger partial charge in [0.15, 0.2) is 0 Å². The number of anilines is 1. The van der Waals surface area contributed by atoms with Crippen molar-refractivity contribution in [3.8, 4) is 5.75 Å². The van der Waals surface area contributed by atoms with Gasteiger partial charge in [-0.2, -0.15) is 20.5 Å². The van der Waals surface area contributed by atoms with Gasteiger partial charge in [0.1, 0.15) is 5.75 Å². The van der Waals surface area contributed by atoms with Crippen LogP contribution in [0.25, 0.3) is 0 Å². The Morgan fingerprint density at radius 2 is 2.20 bits per heavy atom. The lowest BCUT2D eigenvalue weighted by Crippen LogP contribution is -2.41. The van der Waals surface area contributed by atoms with E-state index in [-0.39, 0.29) is 16.2 Å². The van der Waals surface area contributed by atoms with Crippen LogP contribution < -0.4 is 10.1 Å². The molecule has 1 unspecified atom stereocenters. The van der Waals surface area contributed by atoms with Crippen LogP contribution in [0.3, 0.4) is 0 Å². The molecule has 1 aliphatic rings. The zero-order valence-corrected chi connectivity index (χ0v) is 13.0. The van der Waals surface area contributed by atoms with Gasteiger partial charge in [-0.25, -0.2) is 0 Å². The van der Waals surface area contributed by atoms with E-state index in [1.54, 1.807) is 12.1 Å². The summed E-state index contributed by atoms with van der Waals surface area (Å²) in [5.74, 6) is 2.21. The zero-order valence-electron chi connectivity index (χ0n) is 11.5. The smallest absolute Gasteiger partial charge is 0.387 e. The average Bonchev–Trinajstić information content (AvgIpc) is 2.35. The van der Waals surface area contributed by atoms with Gasteiger partial charge in [0.2, 0.25) is 0 Å². The van der Waals surface area contributed by atoms with Crippen LogP contribution in [-0.2, 0) is 0 Å². The van der Waals surface area contributed by atoms with E-state index in [1.165, 1.54) is 11.8 Å². The predicted octanol–water partition coefficient (Wildman–Crippen LogP) is 4.89. The van der Waals surface area contributed by atoms with Crippen LogP contribution in [0, 0.1) is 5.41 Å². The van der Waals surface area contributed by atoms with Crippen LogP contribution >= 0.6 is 23.4 Å². The van der Waals surface area contributed by atoms with Crippen LogP contribution in [0.4, 0.5) is 14.5 Å². The lowest BCUT2D eigenvalue weighted by molar-refractivity contribution is -0.0497. The second-order valence-corrected chi connectivity index (χ2v) is 7.09. The lowest BCUT2D eigenvalue weighted by atomic mass is 9.82. The maximum atomic E-state index is 12.2. The van der Waals surface area contributed by atoms with Crippen molar-refractivity contribution >= 4 is 29.1 Å². The summed E-state index contributed by atoms with van der Waals surface area (Å²) < 4.78 is 28.7. The van der Waals surface area contributed by atoms with E-state index >= 15 is 0 Å². The molecule has 0 aliphatic carbocycles. The van der Waals surface area contributed by atoms with E-state index in [0.29, 0.717) is 6.04 Å². The van der Waals surface area contributed by atoms with Crippen LogP contribution in [0.2, 0.25) is 5.02 Å². The van der Waals surface area contributed by atoms with Gasteiger partial charge >= 0.3 is 6.61 Å². The minimum Gasteiger partial charge on any atom is -0.433 e. The van der Waals surface area contributed by atoms with Gasteiger partial charge in [-0.3, -0.25) is 0 Å². The molecule has 1 N–H and O–H groups in total. The highest BCUT2D eigenvalue weighted by atomic mass is 35.5. The Morgan fingerprint density at radius 3 is 2.80 bits per heavy atom. The summed E-state index contributed by atoms with van der Waals surface area (Å²) in [5.41, 5.74) is 1.03. The molecule has 0 saturated carbocycles. The fourth-order valence-corrected chi connectivity index (χ4v) is 3.99. The predicted molar refractivity (Wildman–Crippen MR) is 81.2 cm³/mol. The molecular formula is C14H18ClF2NOS. The summed E-state index contributed by atoms with van der Waals surface area (Å²) in [5, 5.41) is 3.64. The normalized spacial score (nSPS) is 21.8. The van der Waals surface area contributed by atoms with Crippen LogP contribution in [0.1, 0.15) is 20.3 Å². The first kappa shape index (κ1) is 15.7. The molecule has 112 valence electrons. The number of ether oxygens (including phenoxy) is 1. The molecule has 1 heterocycles. The summed E-state index contributed by atoms with van der Waals surface area (Å²) in [6.07, 6.45) is 1.15. The summed E-state index contributed by atoms with van der Waals surface area (Å²) >= 11 is 7.88. The van der Waals surface area contributed by atoms with Gasteiger partial charge in [-0.05, 0) is 35.8 Å². The summed E-state index contributed by atoms with van der Waals surface area (Å²) in [6, 6.07) is 5.16. The first-order chi connectivity index (χ1) is 9.38. The van der Waals surface area contributed by atoms with E-state index in [1.807, 2.05) is 11.8 Å². The molecule has 6 heteroatoms. The number of thioether (sulfide) groups is 1. The molecule has 1 atom stereocenters. The second kappa shape index (κ2) is 6.39. The minimum atomic E-state index is -2.86. The number of alkyl halides is 2. The van der Waals surface area contributed by atoms with Crippen molar-refractivity contribution in [2.24, 2.45) is 5.41 Å². The third kappa shape index (κ3) is 3.92. The highest BCUT2D eigenvalue weighted by Crippen LogP contribution is 2.37. The van der Waals surface area contributed by atoms with Crippen molar-refractivity contribution in [2.75, 3.05) is 16.8 Å². The third-order valence-electron chi connectivity index (χ3n) is 3.61. The molecule has 1 aromatic carbocycles. The molecule has 0 spiro atoms. The second-order valence-electron chi connectivity index (χ2n) is 5.53. The first-order valence-electron chi connectivity index (χ1n) is 6.47. The van der Waals surface area contributed by atoms with Gasteiger partial charge in [0.25, 0.3) is 0 Å². The summed E-state index contributed by atoms with van der Waals surface area (Å²) in [4.78, 5) is 0. The van der Waals surface area contributed by atoms with Gasteiger partial charge in [0, 0.05) is 17.5 Å². The summed E-state index contributed by atoms with van der Waals surface area (Å²) in [6.45, 7) is 1.61. The number of hydrogen-bond acceptors (Lipinski definition) is 3. The molecular weight excluding hydrogens is 304 g/mol. The van der Waals surface area contributed by atoms with E-state index in [2.05, 4.69) is 23.9 Å². The number of nitrogens with one attached hydrogen (secondary N) is 1.